The van der Waals surface area contributed by atoms with Gasteiger partial charge in [-0.1, -0.05) is 32.0 Å². The number of carbonyl (C=O) groups excluding carboxylic acids is 3. The van der Waals surface area contributed by atoms with Crippen LogP contribution in [0.1, 0.15) is 118 Å². The highest BCUT2D eigenvalue weighted by Gasteiger charge is 2.50. The average Bonchev–Trinajstić information content (AvgIpc) is 4.02. The minimum absolute atomic E-state index is 0.0283. The van der Waals surface area contributed by atoms with E-state index >= 15 is 0 Å². The Hall–Kier alpha value is -6.18. The predicted octanol–water partition coefficient (Wildman–Crippen LogP) is 4.73. The van der Waals surface area contributed by atoms with Crippen LogP contribution in [0.25, 0.3) is 16.7 Å². The number of imidazole rings is 1. The molecule has 0 aliphatic carbocycles. The van der Waals surface area contributed by atoms with Crippen molar-refractivity contribution in [3.8, 4) is 11.5 Å². The number of aromatic nitrogens is 4. The SMILES string of the molecule is CC1CC(C)(C)Nc2cc3c(cc21)C(c1ccccc1C(=O)N(C)CCCC(=O)NCCNC(=O)O[C@@H]1[C@H](O)[C@@H](COP(=O)(O)OP(=O)(O)OP(=O)(O)O)O[C@H]1n1cnc2c(N)ncnc21)=c1cc2c(cc1O3)=NC(C)(C)CC2C. The van der Waals surface area contributed by atoms with Crippen molar-refractivity contribution in [2.24, 2.45) is 4.99 Å². The van der Waals surface area contributed by atoms with Crippen LogP contribution in [0.2, 0.25) is 0 Å². The summed E-state index contributed by atoms with van der Waals surface area (Å²) in [5.41, 5.74) is 12.0. The Morgan fingerprint density at radius 2 is 1.62 bits per heavy atom. The van der Waals surface area contributed by atoms with E-state index in [2.05, 4.69) is 104 Å². The van der Waals surface area contributed by atoms with Crippen LogP contribution in [0.3, 0.4) is 0 Å². The Morgan fingerprint density at radius 1 is 0.900 bits per heavy atom. The molecule has 0 saturated carbocycles. The fourth-order valence-electron chi connectivity index (χ4n) is 10.9. The van der Waals surface area contributed by atoms with Gasteiger partial charge < -0.3 is 65.5 Å². The maximum absolute atomic E-state index is 14.6. The lowest BCUT2D eigenvalue weighted by Gasteiger charge is -2.38. The Morgan fingerprint density at radius 3 is 2.38 bits per heavy atom. The zero-order valence-corrected chi connectivity index (χ0v) is 47.3. The van der Waals surface area contributed by atoms with Gasteiger partial charge >= 0.3 is 29.6 Å². The van der Waals surface area contributed by atoms with Crippen LogP contribution in [0.5, 0.6) is 11.5 Å². The highest BCUT2D eigenvalue weighted by atomic mass is 31.3. The molecular formula is C50H63N10O17P3. The van der Waals surface area contributed by atoms with Crippen LogP contribution >= 0.6 is 23.5 Å². The highest BCUT2D eigenvalue weighted by molar-refractivity contribution is 7.66. The van der Waals surface area contributed by atoms with Crippen LogP contribution in [0.4, 0.5) is 16.3 Å². The molecule has 3 amide bonds. The van der Waals surface area contributed by atoms with E-state index in [9.17, 15) is 43.0 Å². The summed E-state index contributed by atoms with van der Waals surface area (Å²) in [5, 5.41) is 21.9. The number of nitrogens with zero attached hydrogens (tertiary/aromatic N) is 6. The fourth-order valence-corrected chi connectivity index (χ4v) is 13.9. The fraction of sp³-hybridized carbons (Fsp3) is 0.460. The molecule has 0 radical (unpaired) electrons. The number of amides is 3. The second-order valence-electron chi connectivity index (χ2n) is 21.5. The van der Waals surface area contributed by atoms with Gasteiger partial charge in [0.2, 0.25) is 5.91 Å². The van der Waals surface area contributed by atoms with Crippen molar-refractivity contribution in [1.82, 2.24) is 35.1 Å². The molecule has 5 aromatic rings. The molecule has 80 heavy (non-hydrogen) atoms. The van der Waals surface area contributed by atoms with Crippen molar-refractivity contribution in [1.29, 1.82) is 0 Å². The summed E-state index contributed by atoms with van der Waals surface area (Å²) < 4.78 is 66.8. The van der Waals surface area contributed by atoms with Crippen LogP contribution in [-0.2, 0) is 41.1 Å². The van der Waals surface area contributed by atoms with Crippen molar-refractivity contribution in [2.75, 3.05) is 44.3 Å². The van der Waals surface area contributed by atoms with Gasteiger partial charge in [0.25, 0.3) is 5.91 Å². The van der Waals surface area contributed by atoms with E-state index in [1.165, 1.54) is 10.9 Å². The molecule has 3 aromatic carbocycles. The average molecular weight is 1170 g/mol. The number of phosphoric acid groups is 3. The molecule has 9 rings (SSSR count). The molecule has 10 N–H and O–H groups in total. The number of alkyl carbamates (subject to hydrolysis) is 1. The number of nitrogen functional groups attached to an aromatic ring is 1. The predicted molar refractivity (Wildman–Crippen MR) is 287 cm³/mol. The summed E-state index contributed by atoms with van der Waals surface area (Å²) in [6.45, 7) is 12.0. The monoisotopic (exact) mass is 1170 g/mol. The van der Waals surface area contributed by atoms with Gasteiger partial charge in [-0.3, -0.25) is 23.7 Å². The Balaban J connectivity index is 0.832. The smallest absolute Gasteiger partial charge is 0.456 e. The number of aliphatic hydroxyl groups is 1. The molecule has 4 unspecified atom stereocenters. The molecular weight excluding hydrogens is 1110 g/mol. The second-order valence-corrected chi connectivity index (χ2v) is 25.9. The second kappa shape index (κ2) is 22.3. The molecule has 1 fully saturated rings. The van der Waals surface area contributed by atoms with Gasteiger partial charge in [-0.15, -0.1) is 0 Å². The first-order valence-corrected chi connectivity index (χ1v) is 30.0. The summed E-state index contributed by atoms with van der Waals surface area (Å²) >= 11 is 0. The molecule has 27 nitrogen and oxygen atoms in total. The number of ether oxygens (including phenoxy) is 3. The molecule has 30 heteroatoms. The van der Waals surface area contributed by atoms with E-state index in [0.29, 0.717) is 23.5 Å². The number of rotatable bonds is 18. The minimum Gasteiger partial charge on any atom is -0.456 e. The van der Waals surface area contributed by atoms with Crippen LogP contribution in [-0.4, -0.2) is 130 Å². The summed E-state index contributed by atoms with van der Waals surface area (Å²) in [6, 6.07) is 16.0. The Labute approximate surface area is 458 Å². The Bertz CT molecular complexity index is 3560. The lowest BCUT2D eigenvalue weighted by Crippen LogP contribution is -2.41. The zero-order valence-electron chi connectivity index (χ0n) is 44.6. The number of carbonyl (C=O) groups is 3. The number of benzene rings is 3. The summed E-state index contributed by atoms with van der Waals surface area (Å²) in [5.74, 6) is 1.14. The molecule has 4 aliphatic rings. The van der Waals surface area contributed by atoms with E-state index in [0.717, 1.165) is 63.3 Å². The number of fused-ring (bicyclic) bond motifs is 5. The van der Waals surface area contributed by atoms with Crippen molar-refractivity contribution in [2.45, 2.75) is 115 Å². The third kappa shape index (κ3) is 12.9. The molecule has 2 aromatic heterocycles. The van der Waals surface area contributed by atoms with Crippen LogP contribution in [0, 0.1) is 0 Å². The summed E-state index contributed by atoms with van der Waals surface area (Å²) in [4.78, 5) is 96.8. The number of nitrogens with two attached hydrogens (primary N) is 1. The van der Waals surface area contributed by atoms with Gasteiger partial charge in [0, 0.05) is 78.4 Å². The highest BCUT2D eigenvalue weighted by Crippen LogP contribution is 2.66. The van der Waals surface area contributed by atoms with Gasteiger partial charge in [0.15, 0.2) is 23.8 Å². The lowest BCUT2D eigenvalue weighted by molar-refractivity contribution is -0.121. The van der Waals surface area contributed by atoms with Gasteiger partial charge in [0.05, 0.1) is 23.8 Å². The molecule has 6 heterocycles. The number of hydrogen-bond donors (Lipinski definition) is 9. The lowest BCUT2D eigenvalue weighted by atomic mass is 9.79. The van der Waals surface area contributed by atoms with Crippen LogP contribution in [0.15, 0.2) is 66.2 Å². The first-order chi connectivity index (χ1) is 37.5. The van der Waals surface area contributed by atoms with Crippen molar-refractivity contribution in [3.05, 3.63) is 99.6 Å². The van der Waals surface area contributed by atoms with Crippen LogP contribution < -0.4 is 37.0 Å². The molecule has 4 aliphatic heterocycles. The summed E-state index contributed by atoms with van der Waals surface area (Å²) in [7, 11) is -15.5. The Kier molecular flexibility index (Phi) is 16.3. The minimum atomic E-state index is -5.87. The van der Waals surface area contributed by atoms with E-state index in [4.69, 9.17) is 34.7 Å². The topological polar surface area (TPSA) is 380 Å². The standard InChI is InChI=1S/C50H63N10O17P3/c1-26-21-49(3,4)57-34-19-36-32(17-30(26)34)40(33-18-31-27(2)22-50(5,6)58-35(31)20-37(33)73-36)28-11-8-9-12-29(28)46(63)59(7)16-10-13-39(61)52-14-15-53-48(64)75-43-42(62)38(23-72-79(68,69)77-80(70,71)76-78(65,66)67)74-47(43)60-25-56-41-44(51)54-24-55-45(41)60/h8-9,11-12,17-20,24-27,38,42-43,47,57,62H,10,13-16,21-23H2,1-7H3,(H,52,61)(H,53,64)(H,68,69)(H,70,71)(H2,51,54,55)(H2,65,66,67)/t26?,27?,38-,42-,43-,47-/m1/s1. The van der Waals surface area contributed by atoms with Gasteiger partial charge in [-0.25, -0.2) is 33.4 Å². The zero-order chi connectivity index (χ0) is 57.9. The maximum Gasteiger partial charge on any atom is 0.490 e. The quantitative estimate of drug-likeness (QED) is 0.0415. The van der Waals surface area contributed by atoms with Gasteiger partial charge in [0.1, 0.15) is 35.6 Å². The van der Waals surface area contributed by atoms with E-state index in [1.54, 1.807) is 11.9 Å². The molecule has 430 valence electrons. The molecule has 8 atom stereocenters. The number of nitrogens with one attached hydrogen (secondary N) is 3. The van der Waals surface area contributed by atoms with Gasteiger partial charge in [-0.2, -0.15) is 8.62 Å². The summed E-state index contributed by atoms with van der Waals surface area (Å²) in [6.07, 6.45) is -3.34. The van der Waals surface area contributed by atoms with E-state index in [-0.39, 0.29) is 77.8 Å². The number of phosphoric ester groups is 1. The number of hydrogen-bond acceptors (Lipinski definition) is 19. The number of aliphatic hydroxyl groups excluding tert-OH is 1. The third-order valence-electron chi connectivity index (χ3n) is 14.0. The van der Waals surface area contributed by atoms with E-state index in [1.807, 2.05) is 30.3 Å². The van der Waals surface area contributed by atoms with E-state index < -0.39 is 60.7 Å². The van der Waals surface area contributed by atoms with Crippen molar-refractivity contribution >= 4 is 69.6 Å². The van der Waals surface area contributed by atoms with Gasteiger partial charge in [-0.05, 0) is 93.7 Å². The molecule has 0 bridgehead atoms. The normalized spacial score (nSPS) is 23.1. The van der Waals surface area contributed by atoms with Crippen molar-refractivity contribution < 1.29 is 80.1 Å². The first-order valence-electron chi connectivity index (χ1n) is 25.5. The largest absolute Gasteiger partial charge is 0.490 e. The maximum atomic E-state index is 14.6. The number of anilines is 2. The third-order valence-corrected chi connectivity index (χ3v) is 17.8. The molecule has 1 saturated heterocycles. The molecule has 0 spiro atoms. The van der Waals surface area contributed by atoms with Crippen molar-refractivity contribution in [3.63, 3.8) is 0 Å². The first kappa shape index (κ1) is 58.5.